The zero-order valence-electron chi connectivity index (χ0n) is 14.9. The van der Waals surface area contributed by atoms with E-state index in [0.29, 0.717) is 0 Å². The van der Waals surface area contributed by atoms with E-state index in [-0.39, 0.29) is 27.2 Å². The number of nitrogens with two attached hydrogens (primary N) is 2. The van der Waals surface area contributed by atoms with Crippen molar-refractivity contribution in [2.24, 2.45) is 15.9 Å². The number of benzene rings is 2. The molecule has 3 aromatic rings. The Labute approximate surface area is 168 Å². The fourth-order valence-corrected chi connectivity index (χ4v) is 3.54. The van der Waals surface area contributed by atoms with Crippen LogP contribution in [0.25, 0.3) is 10.9 Å². The molecule has 1 aromatic heterocycles. The zero-order valence-corrected chi connectivity index (χ0v) is 15.7. The summed E-state index contributed by atoms with van der Waals surface area (Å²) in [5, 5.41) is 25.7. The largest absolute Gasteiger partial charge is 0.369 e. The van der Waals surface area contributed by atoms with E-state index in [2.05, 4.69) is 14.7 Å². The SMILES string of the molecule is NC(N)=NS(=O)(=O)c1ccc(Nc2c([N+](=O)[O-])cc([N+](=O)[O-])c3cccnc23)cc1. The number of guanidine groups is 1. The van der Waals surface area contributed by atoms with Crippen molar-refractivity contribution >= 4 is 49.6 Å². The average molecular weight is 431 g/mol. The topological polar surface area (TPSA) is 210 Å². The van der Waals surface area contributed by atoms with Crippen LogP contribution in [-0.2, 0) is 10.0 Å². The molecule has 3 rings (SSSR count). The molecule has 0 aliphatic rings. The first kappa shape index (κ1) is 20.4. The van der Waals surface area contributed by atoms with Crippen LogP contribution in [0.1, 0.15) is 0 Å². The van der Waals surface area contributed by atoms with E-state index >= 15 is 0 Å². The fourth-order valence-electron chi connectivity index (χ4n) is 2.68. The third-order valence-corrected chi connectivity index (χ3v) is 5.21. The maximum absolute atomic E-state index is 12.0. The van der Waals surface area contributed by atoms with Gasteiger partial charge in [0.1, 0.15) is 11.2 Å². The summed E-state index contributed by atoms with van der Waals surface area (Å²) in [5.74, 6) is -0.628. The lowest BCUT2D eigenvalue weighted by atomic mass is 10.1. The smallest absolute Gasteiger partial charge is 0.301 e. The Hall–Kier alpha value is -4.33. The molecule has 0 saturated heterocycles. The van der Waals surface area contributed by atoms with Crippen LogP contribution in [0.3, 0.4) is 0 Å². The van der Waals surface area contributed by atoms with Gasteiger partial charge in [-0.3, -0.25) is 25.2 Å². The predicted octanol–water partition coefficient (Wildman–Crippen LogP) is 1.76. The number of hydrogen-bond donors (Lipinski definition) is 3. The highest BCUT2D eigenvalue weighted by molar-refractivity contribution is 7.90. The van der Waals surface area contributed by atoms with Crippen LogP contribution in [0.4, 0.5) is 22.7 Å². The van der Waals surface area contributed by atoms with Gasteiger partial charge in [0, 0.05) is 11.9 Å². The molecular weight excluding hydrogens is 418 g/mol. The Bertz CT molecular complexity index is 1300. The van der Waals surface area contributed by atoms with E-state index in [4.69, 9.17) is 11.5 Å². The lowest BCUT2D eigenvalue weighted by Gasteiger charge is -2.11. The van der Waals surface area contributed by atoms with Gasteiger partial charge in [0.05, 0.1) is 26.2 Å². The fraction of sp³-hybridized carbons (Fsp3) is 0. The van der Waals surface area contributed by atoms with Crippen molar-refractivity contribution in [2.75, 3.05) is 5.32 Å². The molecule has 0 unspecified atom stereocenters. The Morgan fingerprint density at radius 2 is 1.67 bits per heavy atom. The summed E-state index contributed by atoms with van der Waals surface area (Å²) in [6.45, 7) is 0. The van der Waals surface area contributed by atoms with Crippen LogP contribution in [0.15, 0.2) is 58.0 Å². The third kappa shape index (κ3) is 3.93. The molecular formula is C16H13N7O6S. The number of rotatable bonds is 6. The second kappa shape index (κ2) is 7.59. The molecule has 13 nitrogen and oxygen atoms in total. The van der Waals surface area contributed by atoms with E-state index in [9.17, 15) is 28.6 Å². The van der Waals surface area contributed by atoms with Crippen molar-refractivity contribution in [3.8, 4) is 0 Å². The molecule has 0 fully saturated rings. The van der Waals surface area contributed by atoms with Gasteiger partial charge in [-0.1, -0.05) is 0 Å². The predicted molar refractivity (Wildman–Crippen MR) is 108 cm³/mol. The van der Waals surface area contributed by atoms with E-state index in [1.54, 1.807) is 0 Å². The minimum atomic E-state index is -4.11. The van der Waals surface area contributed by atoms with Crippen molar-refractivity contribution in [2.45, 2.75) is 4.90 Å². The van der Waals surface area contributed by atoms with Gasteiger partial charge >= 0.3 is 5.69 Å². The second-order valence-corrected chi connectivity index (χ2v) is 7.45. The number of sulfonamides is 1. The van der Waals surface area contributed by atoms with E-state index in [1.165, 1.54) is 42.6 Å². The quantitative estimate of drug-likeness (QED) is 0.223. The molecule has 154 valence electrons. The Kier molecular flexibility index (Phi) is 5.16. The molecule has 0 amide bonds. The molecule has 0 saturated carbocycles. The normalized spacial score (nSPS) is 11.1. The van der Waals surface area contributed by atoms with Gasteiger partial charge in [0.15, 0.2) is 0 Å². The van der Waals surface area contributed by atoms with Gasteiger partial charge in [-0.25, -0.2) is 0 Å². The molecule has 0 radical (unpaired) electrons. The van der Waals surface area contributed by atoms with Gasteiger partial charge in [0.2, 0.25) is 5.96 Å². The highest BCUT2D eigenvalue weighted by Gasteiger charge is 2.26. The molecule has 0 bridgehead atoms. The first-order valence-corrected chi connectivity index (χ1v) is 9.47. The molecule has 1 heterocycles. The van der Waals surface area contributed by atoms with Crippen molar-refractivity contribution in [3.63, 3.8) is 0 Å². The highest BCUT2D eigenvalue weighted by atomic mass is 32.2. The van der Waals surface area contributed by atoms with Crippen molar-refractivity contribution in [3.05, 3.63) is 68.9 Å². The first-order chi connectivity index (χ1) is 14.1. The van der Waals surface area contributed by atoms with Crippen LogP contribution in [0.2, 0.25) is 0 Å². The van der Waals surface area contributed by atoms with Gasteiger partial charge < -0.3 is 16.8 Å². The Morgan fingerprint density at radius 3 is 2.23 bits per heavy atom. The number of fused-ring (bicyclic) bond motifs is 1. The van der Waals surface area contributed by atoms with E-state index in [1.807, 2.05) is 0 Å². The van der Waals surface area contributed by atoms with Crippen molar-refractivity contribution in [1.29, 1.82) is 0 Å². The minimum absolute atomic E-state index is 0.00982. The van der Waals surface area contributed by atoms with Gasteiger partial charge in [0.25, 0.3) is 15.7 Å². The number of nitro benzene ring substituents is 2. The summed E-state index contributed by atoms with van der Waals surface area (Å²) in [7, 11) is -4.11. The lowest BCUT2D eigenvalue weighted by Crippen LogP contribution is -2.24. The Balaban J connectivity index is 2.11. The van der Waals surface area contributed by atoms with E-state index in [0.717, 1.165) is 6.07 Å². The number of aromatic nitrogens is 1. The molecule has 0 aliphatic carbocycles. The summed E-state index contributed by atoms with van der Waals surface area (Å²) in [6, 6.07) is 8.76. The third-order valence-electron chi connectivity index (χ3n) is 3.89. The van der Waals surface area contributed by atoms with Crippen LogP contribution in [0, 0.1) is 20.2 Å². The number of nitrogens with one attached hydrogen (secondary N) is 1. The molecule has 14 heteroatoms. The van der Waals surface area contributed by atoms with Crippen LogP contribution in [-0.4, -0.2) is 29.2 Å². The van der Waals surface area contributed by atoms with Gasteiger partial charge in [-0.05, 0) is 36.4 Å². The number of hydrogen-bond acceptors (Lipinski definition) is 8. The number of nitro groups is 2. The second-order valence-electron chi connectivity index (χ2n) is 5.84. The zero-order chi connectivity index (χ0) is 22.1. The van der Waals surface area contributed by atoms with Crippen molar-refractivity contribution in [1.82, 2.24) is 4.98 Å². The molecule has 2 aromatic carbocycles. The lowest BCUT2D eigenvalue weighted by molar-refractivity contribution is -0.392. The number of non-ortho nitro benzene ring substituents is 1. The summed E-state index contributed by atoms with van der Waals surface area (Å²) >= 11 is 0. The standard InChI is InChI=1S/C16H13N7O6S/c17-16(18)21-30(28,29)10-5-3-9(4-6-10)20-15-13(23(26)27)8-12(22(24)25)11-2-1-7-19-14(11)15/h1-8,20H,(H4,17,18,21). The molecule has 5 N–H and O–H groups in total. The Morgan fingerprint density at radius 1 is 1.03 bits per heavy atom. The number of anilines is 2. The van der Waals surface area contributed by atoms with Crippen LogP contribution < -0.4 is 16.8 Å². The molecule has 30 heavy (non-hydrogen) atoms. The molecule has 0 spiro atoms. The summed E-state index contributed by atoms with van der Waals surface area (Å²) in [5.41, 5.74) is 9.36. The average Bonchev–Trinajstić information content (AvgIpc) is 2.67. The number of pyridine rings is 1. The van der Waals surface area contributed by atoms with Crippen LogP contribution in [0.5, 0.6) is 0 Å². The summed E-state index contributed by atoms with van der Waals surface area (Å²) in [4.78, 5) is 25.2. The maximum Gasteiger partial charge on any atom is 0.301 e. The first-order valence-electron chi connectivity index (χ1n) is 8.03. The minimum Gasteiger partial charge on any atom is -0.369 e. The van der Waals surface area contributed by atoms with E-state index < -0.39 is 37.2 Å². The molecule has 0 aliphatic heterocycles. The highest BCUT2D eigenvalue weighted by Crippen LogP contribution is 2.39. The maximum atomic E-state index is 12.0. The summed E-state index contributed by atoms with van der Waals surface area (Å²) < 4.78 is 27.2. The molecule has 0 atom stereocenters. The van der Waals surface area contributed by atoms with Crippen molar-refractivity contribution < 1.29 is 18.3 Å². The number of nitrogens with zero attached hydrogens (tertiary/aromatic N) is 4. The van der Waals surface area contributed by atoms with Gasteiger partial charge in [-0.2, -0.15) is 8.42 Å². The van der Waals surface area contributed by atoms with Crippen LogP contribution >= 0.6 is 0 Å². The van der Waals surface area contributed by atoms with Gasteiger partial charge in [-0.15, -0.1) is 4.40 Å². The monoisotopic (exact) mass is 431 g/mol. The summed E-state index contributed by atoms with van der Waals surface area (Å²) in [6.07, 6.45) is 1.34.